The van der Waals surface area contributed by atoms with Crippen molar-refractivity contribution >= 4 is 0 Å². The van der Waals surface area contributed by atoms with Gasteiger partial charge in [0.05, 0.1) is 12.2 Å². The van der Waals surface area contributed by atoms with Crippen molar-refractivity contribution in [1.82, 2.24) is 0 Å². The van der Waals surface area contributed by atoms with Gasteiger partial charge in [0.2, 0.25) is 0 Å². The molecular weight excluding hydrogens is 372 g/mol. The lowest BCUT2D eigenvalue weighted by Crippen LogP contribution is -2.51. The van der Waals surface area contributed by atoms with Gasteiger partial charge in [-0.1, -0.05) is 52.2 Å². The van der Waals surface area contributed by atoms with E-state index in [2.05, 4.69) is 33.8 Å². The Morgan fingerprint density at radius 1 is 1.07 bits per heavy atom. The van der Waals surface area contributed by atoms with Crippen LogP contribution in [-0.2, 0) is 0 Å². The molecule has 0 spiro atoms. The lowest BCUT2D eigenvalue weighted by molar-refractivity contribution is -0.0620. The lowest BCUT2D eigenvalue weighted by atomic mass is 9.47. The number of hydrogen-bond donors (Lipinski definition) is 3. The van der Waals surface area contributed by atoms with Gasteiger partial charge in [0, 0.05) is 6.61 Å². The van der Waals surface area contributed by atoms with E-state index in [1.807, 2.05) is 0 Å². The highest BCUT2D eigenvalue weighted by Crippen LogP contribution is 2.67. The van der Waals surface area contributed by atoms with Gasteiger partial charge in [0.1, 0.15) is 0 Å². The molecule has 0 radical (unpaired) electrons. The van der Waals surface area contributed by atoms with Gasteiger partial charge in [-0.15, -0.1) is 0 Å². The molecule has 3 nitrogen and oxygen atoms in total. The molecule has 0 saturated heterocycles. The lowest BCUT2D eigenvalue weighted by Gasteiger charge is -2.58. The second kappa shape index (κ2) is 8.52. The SMILES string of the molecule is C[C@@H](CO)CCC[C@@H](C)[C@H]1[C@@H](O)CC2[C@@H]3CC=C4C[C@@H](O)CC[C@]4(C)[C@H]3CC[C@@]21C. The highest BCUT2D eigenvalue weighted by Gasteiger charge is 2.61. The topological polar surface area (TPSA) is 60.7 Å². The molecule has 3 heteroatoms. The Hall–Kier alpha value is -0.380. The molecule has 4 aliphatic carbocycles. The van der Waals surface area contributed by atoms with Crippen LogP contribution in [0.4, 0.5) is 0 Å². The van der Waals surface area contributed by atoms with Crippen LogP contribution in [0.2, 0.25) is 0 Å². The molecule has 3 fully saturated rings. The van der Waals surface area contributed by atoms with Crippen LogP contribution < -0.4 is 0 Å². The summed E-state index contributed by atoms with van der Waals surface area (Å²) in [5.74, 6) is 3.43. The highest BCUT2D eigenvalue weighted by molar-refractivity contribution is 5.25. The molecule has 0 aromatic rings. The van der Waals surface area contributed by atoms with Gasteiger partial charge < -0.3 is 15.3 Å². The molecule has 30 heavy (non-hydrogen) atoms. The van der Waals surface area contributed by atoms with Crippen LogP contribution in [0.5, 0.6) is 0 Å². The van der Waals surface area contributed by atoms with Crippen LogP contribution in [0.3, 0.4) is 0 Å². The molecule has 4 rings (SSSR count). The van der Waals surface area contributed by atoms with Gasteiger partial charge in [-0.3, -0.25) is 0 Å². The predicted molar refractivity (Wildman–Crippen MR) is 122 cm³/mol. The molecule has 3 N–H and O–H groups in total. The molecule has 0 heterocycles. The number of aliphatic hydroxyl groups is 3. The van der Waals surface area contributed by atoms with E-state index in [4.69, 9.17) is 0 Å². The van der Waals surface area contributed by atoms with Crippen molar-refractivity contribution in [2.45, 2.75) is 104 Å². The average molecular weight is 419 g/mol. The fourth-order valence-electron chi connectivity index (χ4n) is 8.78. The minimum atomic E-state index is -0.157. The maximum absolute atomic E-state index is 11.2. The smallest absolute Gasteiger partial charge is 0.0579 e. The predicted octanol–water partition coefficient (Wildman–Crippen LogP) is 5.33. The normalized spacial score (nSPS) is 47.6. The fourth-order valence-corrected chi connectivity index (χ4v) is 8.78. The average Bonchev–Trinajstić information content (AvgIpc) is 2.98. The second-order valence-corrected chi connectivity index (χ2v) is 12.2. The number of fused-ring (bicyclic) bond motifs is 5. The first-order valence-electron chi connectivity index (χ1n) is 12.9. The van der Waals surface area contributed by atoms with Gasteiger partial charge in [-0.2, -0.15) is 0 Å². The zero-order valence-corrected chi connectivity index (χ0v) is 19.8. The van der Waals surface area contributed by atoms with E-state index >= 15 is 0 Å². The van der Waals surface area contributed by atoms with Crippen molar-refractivity contribution in [1.29, 1.82) is 0 Å². The number of allylic oxidation sites excluding steroid dienone is 1. The van der Waals surface area contributed by atoms with Crippen LogP contribution in [0.1, 0.15) is 91.9 Å². The van der Waals surface area contributed by atoms with E-state index in [0.717, 1.165) is 50.9 Å². The first kappa shape index (κ1) is 22.8. The third-order valence-electron chi connectivity index (χ3n) is 10.5. The molecule has 172 valence electrons. The number of hydrogen-bond acceptors (Lipinski definition) is 3. The van der Waals surface area contributed by atoms with Crippen LogP contribution in [0, 0.1) is 46.3 Å². The maximum atomic E-state index is 11.2. The minimum Gasteiger partial charge on any atom is -0.396 e. The Bertz CT molecular complexity index is 644. The van der Waals surface area contributed by atoms with Crippen LogP contribution in [0.25, 0.3) is 0 Å². The standard InChI is InChI=1S/C27H46O3/c1-17(16-28)6-5-7-18(2)25-24(30)15-23-21-9-8-19-14-20(29)10-12-26(19,3)22(21)11-13-27(23,25)4/h8,17-18,20-25,28-30H,5-7,9-16H2,1-4H3/t17-,18-,20+,21-,22+,23?,24+,25+,26+,27+/m1/s1. The van der Waals surface area contributed by atoms with Gasteiger partial charge in [-0.25, -0.2) is 0 Å². The van der Waals surface area contributed by atoms with Crippen LogP contribution in [0.15, 0.2) is 11.6 Å². The van der Waals surface area contributed by atoms with E-state index in [0.29, 0.717) is 29.6 Å². The van der Waals surface area contributed by atoms with Gasteiger partial charge in [0.25, 0.3) is 0 Å². The van der Waals surface area contributed by atoms with Gasteiger partial charge >= 0.3 is 0 Å². The molecule has 0 amide bonds. The van der Waals surface area contributed by atoms with E-state index < -0.39 is 0 Å². The van der Waals surface area contributed by atoms with E-state index in [-0.39, 0.29) is 29.6 Å². The van der Waals surface area contributed by atoms with Gasteiger partial charge in [0.15, 0.2) is 0 Å². The summed E-state index contributed by atoms with van der Waals surface area (Å²) in [6.07, 6.45) is 13.3. The third kappa shape index (κ3) is 3.71. The van der Waals surface area contributed by atoms with Crippen molar-refractivity contribution in [2.24, 2.45) is 46.3 Å². The number of rotatable bonds is 6. The van der Waals surface area contributed by atoms with Crippen molar-refractivity contribution in [3.63, 3.8) is 0 Å². The fraction of sp³-hybridized carbons (Fsp3) is 0.926. The Balaban J connectivity index is 1.50. The van der Waals surface area contributed by atoms with Crippen molar-refractivity contribution < 1.29 is 15.3 Å². The first-order chi connectivity index (χ1) is 14.2. The van der Waals surface area contributed by atoms with E-state index in [1.165, 1.54) is 24.8 Å². The summed E-state index contributed by atoms with van der Waals surface area (Å²) in [4.78, 5) is 0. The summed E-state index contributed by atoms with van der Waals surface area (Å²) in [5.41, 5.74) is 2.07. The van der Waals surface area contributed by atoms with Crippen molar-refractivity contribution in [2.75, 3.05) is 6.61 Å². The molecule has 0 aliphatic heterocycles. The Morgan fingerprint density at radius 2 is 1.83 bits per heavy atom. The zero-order chi connectivity index (χ0) is 21.7. The van der Waals surface area contributed by atoms with Crippen molar-refractivity contribution in [3.8, 4) is 0 Å². The molecule has 0 aromatic heterocycles. The second-order valence-electron chi connectivity index (χ2n) is 12.2. The summed E-state index contributed by atoms with van der Waals surface area (Å²) in [5, 5.41) is 30.8. The maximum Gasteiger partial charge on any atom is 0.0579 e. The van der Waals surface area contributed by atoms with Gasteiger partial charge in [-0.05, 0) is 97.7 Å². The molecule has 1 unspecified atom stereocenters. The summed E-state index contributed by atoms with van der Waals surface area (Å²) in [6, 6.07) is 0. The molecule has 10 atom stereocenters. The molecule has 0 aromatic carbocycles. The highest BCUT2D eigenvalue weighted by atomic mass is 16.3. The zero-order valence-electron chi connectivity index (χ0n) is 19.8. The largest absolute Gasteiger partial charge is 0.396 e. The van der Waals surface area contributed by atoms with E-state index in [1.54, 1.807) is 0 Å². The Kier molecular flexibility index (Phi) is 6.48. The Morgan fingerprint density at radius 3 is 2.57 bits per heavy atom. The third-order valence-corrected chi connectivity index (χ3v) is 10.5. The molecule has 0 bridgehead atoms. The summed E-state index contributed by atoms with van der Waals surface area (Å²) >= 11 is 0. The quantitative estimate of drug-likeness (QED) is 0.511. The van der Waals surface area contributed by atoms with Crippen molar-refractivity contribution in [3.05, 3.63) is 11.6 Å². The summed E-state index contributed by atoms with van der Waals surface area (Å²) < 4.78 is 0. The summed E-state index contributed by atoms with van der Waals surface area (Å²) in [6.45, 7) is 9.78. The Labute approximate surface area is 184 Å². The minimum absolute atomic E-state index is 0.137. The first-order valence-corrected chi connectivity index (χ1v) is 12.9. The monoisotopic (exact) mass is 418 g/mol. The van der Waals surface area contributed by atoms with Crippen LogP contribution >= 0.6 is 0 Å². The molecular formula is C27H46O3. The van der Waals surface area contributed by atoms with E-state index in [9.17, 15) is 15.3 Å². The molecule has 4 aliphatic rings. The number of aliphatic hydroxyl groups excluding tert-OH is 3. The summed E-state index contributed by atoms with van der Waals surface area (Å²) in [7, 11) is 0. The molecule has 3 saturated carbocycles. The van der Waals surface area contributed by atoms with Crippen LogP contribution in [-0.4, -0.2) is 34.1 Å².